The van der Waals surface area contributed by atoms with Gasteiger partial charge in [-0.2, -0.15) is 0 Å². The molecular formula is C15H18O5. The van der Waals surface area contributed by atoms with Crippen LogP contribution in [0.5, 0.6) is 0 Å². The van der Waals surface area contributed by atoms with Crippen LogP contribution in [0.2, 0.25) is 0 Å². The van der Waals surface area contributed by atoms with Gasteiger partial charge in [-0.15, -0.1) is 0 Å². The second-order valence-corrected chi connectivity index (χ2v) is 7.34. The third-order valence-electron chi connectivity index (χ3n) is 6.59. The number of fused-ring (bicyclic) bond motifs is 8. The predicted molar refractivity (Wildman–Crippen MR) is 66.7 cm³/mol. The van der Waals surface area contributed by atoms with Gasteiger partial charge < -0.3 is 19.3 Å². The van der Waals surface area contributed by atoms with Crippen molar-refractivity contribution in [2.75, 3.05) is 6.61 Å². The van der Waals surface area contributed by atoms with E-state index in [9.17, 15) is 9.90 Å². The quantitative estimate of drug-likeness (QED) is 0.427. The van der Waals surface area contributed by atoms with Crippen molar-refractivity contribution in [3.63, 3.8) is 0 Å². The van der Waals surface area contributed by atoms with E-state index in [1.165, 1.54) is 0 Å². The van der Waals surface area contributed by atoms with Crippen molar-refractivity contribution in [3.8, 4) is 0 Å². The molecule has 20 heavy (non-hydrogen) atoms. The van der Waals surface area contributed by atoms with Crippen LogP contribution in [0.3, 0.4) is 0 Å². The molecule has 3 aliphatic heterocycles. The Bertz CT molecular complexity index is 567. The van der Waals surface area contributed by atoms with Gasteiger partial charge in [0.1, 0.15) is 29.5 Å². The summed E-state index contributed by atoms with van der Waals surface area (Å²) in [5.41, 5.74) is -1.17. The Balaban J connectivity index is 1.72. The Kier molecular flexibility index (Phi) is 1.67. The highest BCUT2D eigenvalue weighted by molar-refractivity contribution is 5.79. The zero-order valence-corrected chi connectivity index (χ0v) is 11.6. The van der Waals surface area contributed by atoms with Crippen molar-refractivity contribution in [1.82, 2.24) is 0 Å². The average molecular weight is 278 g/mol. The highest BCUT2D eigenvalue weighted by Crippen LogP contribution is 2.76. The van der Waals surface area contributed by atoms with Crippen LogP contribution in [0.25, 0.3) is 0 Å². The maximum atomic E-state index is 12.3. The first-order valence-corrected chi connectivity index (χ1v) is 7.24. The second-order valence-electron chi connectivity index (χ2n) is 7.34. The van der Waals surface area contributed by atoms with Crippen LogP contribution in [0.15, 0.2) is 12.2 Å². The van der Waals surface area contributed by atoms with Crippen LogP contribution >= 0.6 is 0 Å². The van der Waals surface area contributed by atoms with Gasteiger partial charge >= 0.3 is 5.97 Å². The van der Waals surface area contributed by atoms with E-state index in [0.29, 0.717) is 13.0 Å². The summed E-state index contributed by atoms with van der Waals surface area (Å²) in [7, 11) is 0. The summed E-state index contributed by atoms with van der Waals surface area (Å²) in [5.74, 6) is -0.983. The van der Waals surface area contributed by atoms with Gasteiger partial charge in [-0.05, 0) is 13.3 Å². The molecule has 8 atom stereocenters. The monoisotopic (exact) mass is 278 g/mol. The lowest BCUT2D eigenvalue weighted by Crippen LogP contribution is -2.64. The topological polar surface area (TPSA) is 71.6 Å². The third-order valence-corrected chi connectivity index (χ3v) is 6.59. The minimum absolute atomic E-state index is 0.0598. The van der Waals surface area contributed by atoms with Gasteiger partial charge in [-0.3, -0.25) is 4.79 Å². The van der Waals surface area contributed by atoms with Crippen LogP contribution in [0, 0.1) is 17.3 Å². The number of ether oxygens (including phenoxy) is 3. The summed E-state index contributed by atoms with van der Waals surface area (Å²) < 4.78 is 17.0. The lowest BCUT2D eigenvalue weighted by Gasteiger charge is -2.51. The molecule has 8 unspecified atom stereocenters. The molecule has 5 aliphatic rings. The van der Waals surface area contributed by atoms with Gasteiger partial charge in [0.05, 0.1) is 12.5 Å². The highest BCUT2D eigenvalue weighted by Gasteiger charge is 2.92. The Hall–Kier alpha value is -0.910. The average Bonchev–Trinajstić information content (AvgIpc) is 3.20. The first-order valence-electron chi connectivity index (χ1n) is 7.24. The lowest BCUT2D eigenvalue weighted by molar-refractivity contribution is -0.185. The minimum atomic E-state index is -1.19. The molecule has 5 rings (SSSR count). The van der Waals surface area contributed by atoms with Crippen molar-refractivity contribution in [3.05, 3.63) is 12.2 Å². The summed E-state index contributed by atoms with van der Waals surface area (Å²) in [6.45, 7) is 8.55. The molecule has 0 aromatic carbocycles. The van der Waals surface area contributed by atoms with Crippen molar-refractivity contribution in [2.24, 2.45) is 17.3 Å². The van der Waals surface area contributed by atoms with Crippen molar-refractivity contribution >= 4 is 5.97 Å². The largest absolute Gasteiger partial charge is 0.461 e. The Morgan fingerprint density at radius 3 is 2.75 bits per heavy atom. The molecule has 1 spiro atoms. The molecule has 0 aromatic rings. The number of epoxide rings is 2. The van der Waals surface area contributed by atoms with Crippen molar-refractivity contribution in [1.29, 1.82) is 0 Å². The molecule has 5 heteroatoms. The molecular weight excluding hydrogens is 260 g/mol. The zero-order valence-electron chi connectivity index (χ0n) is 11.6. The fraction of sp³-hybridized carbons (Fsp3) is 0.800. The fourth-order valence-electron chi connectivity index (χ4n) is 5.47. The highest BCUT2D eigenvalue weighted by atomic mass is 16.7. The van der Waals surface area contributed by atoms with E-state index in [1.807, 2.05) is 13.8 Å². The fourth-order valence-corrected chi connectivity index (χ4v) is 5.47. The molecule has 0 aromatic heterocycles. The molecule has 1 N–H and O–H groups in total. The SMILES string of the molecule is C=C(C)C1C2CC3(C)C4(CO4)C4OC4C3(O)C1C(=O)O2. The van der Waals surface area contributed by atoms with E-state index >= 15 is 0 Å². The van der Waals surface area contributed by atoms with Gasteiger partial charge in [-0.25, -0.2) is 0 Å². The van der Waals surface area contributed by atoms with Crippen LogP contribution in [0.1, 0.15) is 20.3 Å². The Morgan fingerprint density at radius 1 is 1.45 bits per heavy atom. The lowest BCUT2D eigenvalue weighted by atomic mass is 9.54. The van der Waals surface area contributed by atoms with Gasteiger partial charge in [0.25, 0.3) is 0 Å². The molecule has 3 saturated heterocycles. The van der Waals surface area contributed by atoms with E-state index in [0.717, 1.165) is 5.57 Å². The summed E-state index contributed by atoms with van der Waals surface area (Å²) in [6, 6.07) is 0. The third kappa shape index (κ3) is 0.875. The van der Waals surface area contributed by atoms with E-state index in [-0.39, 0.29) is 30.2 Å². The van der Waals surface area contributed by atoms with Crippen LogP contribution in [0.4, 0.5) is 0 Å². The number of esters is 1. The normalized spacial score (nSPS) is 64.8. The van der Waals surface area contributed by atoms with E-state index in [2.05, 4.69) is 6.58 Å². The summed E-state index contributed by atoms with van der Waals surface area (Å²) in [6.07, 6.45) is 0.0809. The smallest absolute Gasteiger partial charge is 0.313 e. The predicted octanol–water partition coefficient (Wildman–Crippen LogP) is 0.411. The molecule has 108 valence electrons. The van der Waals surface area contributed by atoms with Crippen molar-refractivity contribution < 1.29 is 24.1 Å². The van der Waals surface area contributed by atoms with Crippen LogP contribution in [-0.4, -0.2) is 47.2 Å². The number of carbonyl (C=O) groups is 1. The number of aliphatic hydroxyl groups is 1. The molecule has 5 fully saturated rings. The van der Waals surface area contributed by atoms with E-state index in [4.69, 9.17) is 14.2 Å². The molecule has 2 bridgehead atoms. The summed E-state index contributed by atoms with van der Waals surface area (Å²) in [5, 5.41) is 11.5. The molecule has 0 radical (unpaired) electrons. The molecule has 2 aliphatic carbocycles. The molecule has 2 saturated carbocycles. The summed E-state index contributed by atoms with van der Waals surface area (Å²) in [4.78, 5) is 12.3. The maximum absolute atomic E-state index is 12.3. The minimum Gasteiger partial charge on any atom is -0.461 e. The van der Waals surface area contributed by atoms with Gasteiger partial charge in [0, 0.05) is 11.3 Å². The zero-order chi connectivity index (χ0) is 14.1. The molecule has 0 amide bonds. The van der Waals surface area contributed by atoms with E-state index in [1.54, 1.807) is 0 Å². The van der Waals surface area contributed by atoms with Crippen LogP contribution in [-0.2, 0) is 19.0 Å². The Labute approximate surface area is 116 Å². The summed E-state index contributed by atoms with van der Waals surface area (Å²) >= 11 is 0. The van der Waals surface area contributed by atoms with Crippen LogP contribution < -0.4 is 0 Å². The number of carbonyl (C=O) groups excluding carboxylic acids is 1. The Morgan fingerprint density at radius 2 is 2.15 bits per heavy atom. The van der Waals surface area contributed by atoms with Gasteiger partial charge in [-0.1, -0.05) is 19.1 Å². The first-order chi connectivity index (χ1) is 9.37. The standard InChI is InChI=1S/C15H18O5/c1-6(2)8-7-4-13(3)14(5-18-14)10-11(20-10)15(13,17)9(8)12(16)19-7/h7-11,17H,1,4-5H2,2-3H3. The van der Waals surface area contributed by atoms with Gasteiger partial charge in [0.15, 0.2) is 0 Å². The number of hydrogen-bond donors (Lipinski definition) is 1. The number of rotatable bonds is 1. The molecule has 3 heterocycles. The number of hydrogen-bond acceptors (Lipinski definition) is 5. The molecule has 5 nitrogen and oxygen atoms in total. The van der Waals surface area contributed by atoms with Gasteiger partial charge in [0.2, 0.25) is 0 Å². The van der Waals surface area contributed by atoms with Crippen molar-refractivity contribution in [2.45, 2.75) is 49.8 Å². The maximum Gasteiger partial charge on any atom is 0.313 e. The van der Waals surface area contributed by atoms with E-state index < -0.39 is 22.5 Å². The second kappa shape index (κ2) is 2.85. The first kappa shape index (κ1) is 11.7.